The van der Waals surface area contributed by atoms with Crippen LogP contribution < -0.4 is 5.32 Å². The minimum atomic E-state index is 0.166. The van der Waals surface area contributed by atoms with Crippen LogP contribution in [0.2, 0.25) is 0 Å². The van der Waals surface area contributed by atoms with Gasteiger partial charge in [-0.25, -0.2) is 0 Å². The third-order valence-electron chi connectivity index (χ3n) is 3.67. The average molecular weight is 310 g/mol. The number of benzene rings is 1. The molecule has 1 amide bonds. The number of nitrogens with one attached hydrogen (secondary N) is 1. The average Bonchev–Trinajstić information content (AvgIpc) is 2.84. The largest absolute Gasteiger partial charge is 0.326 e. The number of aryl methyl sites for hydroxylation is 1. The molecule has 0 saturated heterocycles. The molecule has 1 fully saturated rings. The zero-order valence-electron chi connectivity index (χ0n) is 10.8. The van der Waals surface area contributed by atoms with E-state index in [9.17, 15) is 4.79 Å². The van der Waals surface area contributed by atoms with Gasteiger partial charge in [-0.05, 0) is 48.9 Å². The Balaban J connectivity index is 1.97. The SMILES string of the molecule is CCc1cc(Br)ccc1NC(=O)CC1CCCC1. The molecule has 1 aromatic rings. The van der Waals surface area contributed by atoms with Gasteiger partial charge in [-0.1, -0.05) is 35.7 Å². The predicted molar refractivity (Wildman–Crippen MR) is 78.7 cm³/mol. The number of anilines is 1. The second-order valence-electron chi connectivity index (χ2n) is 5.06. The van der Waals surface area contributed by atoms with Gasteiger partial charge < -0.3 is 5.32 Å². The van der Waals surface area contributed by atoms with Crippen molar-refractivity contribution in [2.45, 2.75) is 45.4 Å². The zero-order valence-corrected chi connectivity index (χ0v) is 12.4. The lowest BCUT2D eigenvalue weighted by Gasteiger charge is -2.12. The standard InChI is InChI=1S/C15H20BrNO/c1-2-12-10-13(16)7-8-14(12)17-15(18)9-11-5-3-4-6-11/h7-8,10-11H,2-6,9H2,1H3,(H,17,18). The maximum atomic E-state index is 12.0. The van der Waals surface area contributed by atoms with E-state index in [-0.39, 0.29) is 5.91 Å². The summed E-state index contributed by atoms with van der Waals surface area (Å²) in [6, 6.07) is 6.03. The molecule has 0 atom stereocenters. The molecule has 0 aromatic heterocycles. The molecular weight excluding hydrogens is 290 g/mol. The molecule has 1 aromatic carbocycles. The Morgan fingerprint density at radius 3 is 2.78 bits per heavy atom. The number of carbonyl (C=O) groups is 1. The summed E-state index contributed by atoms with van der Waals surface area (Å²) in [5.74, 6) is 0.768. The highest BCUT2D eigenvalue weighted by Crippen LogP contribution is 2.28. The molecule has 1 saturated carbocycles. The third kappa shape index (κ3) is 3.58. The second kappa shape index (κ2) is 6.37. The van der Waals surface area contributed by atoms with E-state index in [1.165, 1.54) is 31.2 Å². The number of hydrogen-bond donors (Lipinski definition) is 1. The molecule has 0 unspecified atom stereocenters. The molecule has 0 bridgehead atoms. The summed E-state index contributed by atoms with van der Waals surface area (Å²) < 4.78 is 1.06. The Morgan fingerprint density at radius 1 is 1.39 bits per heavy atom. The quantitative estimate of drug-likeness (QED) is 0.869. The van der Waals surface area contributed by atoms with Crippen LogP contribution in [0, 0.1) is 5.92 Å². The Bertz CT molecular complexity index is 425. The molecule has 0 radical (unpaired) electrons. The summed E-state index contributed by atoms with van der Waals surface area (Å²) in [6.45, 7) is 2.11. The molecule has 3 heteroatoms. The van der Waals surface area contributed by atoms with E-state index in [0.29, 0.717) is 12.3 Å². The molecular formula is C15H20BrNO. The third-order valence-corrected chi connectivity index (χ3v) is 4.16. The summed E-state index contributed by atoms with van der Waals surface area (Å²) in [4.78, 5) is 12.0. The first kappa shape index (κ1) is 13.6. The van der Waals surface area contributed by atoms with Crippen LogP contribution >= 0.6 is 15.9 Å². The van der Waals surface area contributed by atoms with E-state index >= 15 is 0 Å². The van der Waals surface area contributed by atoms with Gasteiger partial charge in [0.05, 0.1) is 0 Å². The summed E-state index contributed by atoms with van der Waals surface area (Å²) in [5, 5.41) is 3.06. The smallest absolute Gasteiger partial charge is 0.224 e. The van der Waals surface area contributed by atoms with Gasteiger partial charge in [0.2, 0.25) is 5.91 Å². The Hall–Kier alpha value is -0.830. The lowest BCUT2D eigenvalue weighted by Crippen LogP contribution is -2.16. The molecule has 1 N–H and O–H groups in total. The molecule has 0 aliphatic heterocycles. The summed E-state index contributed by atoms with van der Waals surface area (Å²) >= 11 is 3.46. The molecule has 1 aliphatic carbocycles. The van der Waals surface area contributed by atoms with Crippen LogP contribution in [0.15, 0.2) is 22.7 Å². The van der Waals surface area contributed by atoms with Crippen molar-refractivity contribution in [1.82, 2.24) is 0 Å². The van der Waals surface area contributed by atoms with Gasteiger partial charge in [0.1, 0.15) is 0 Å². The number of halogens is 1. The molecule has 1 aliphatic rings. The van der Waals surface area contributed by atoms with Crippen LogP contribution in [0.5, 0.6) is 0 Å². The van der Waals surface area contributed by atoms with Gasteiger partial charge in [0, 0.05) is 16.6 Å². The van der Waals surface area contributed by atoms with Crippen LogP contribution in [-0.2, 0) is 11.2 Å². The van der Waals surface area contributed by atoms with Gasteiger partial charge in [0.25, 0.3) is 0 Å². The van der Waals surface area contributed by atoms with Crippen molar-refractivity contribution in [3.8, 4) is 0 Å². The second-order valence-corrected chi connectivity index (χ2v) is 5.97. The van der Waals surface area contributed by atoms with Crippen LogP contribution in [0.3, 0.4) is 0 Å². The van der Waals surface area contributed by atoms with E-state index < -0.39 is 0 Å². The summed E-state index contributed by atoms with van der Waals surface area (Å²) in [6.07, 6.45) is 6.62. The number of carbonyl (C=O) groups excluding carboxylic acids is 1. The lowest BCUT2D eigenvalue weighted by atomic mass is 10.0. The van der Waals surface area contributed by atoms with Crippen molar-refractivity contribution in [2.75, 3.05) is 5.32 Å². The maximum Gasteiger partial charge on any atom is 0.224 e. The highest BCUT2D eigenvalue weighted by atomic mass is 79.9. The number of rotatable bonds is 4. The van der Waals surface area contributed by atoms with Gasteiger partial charge in [-0.3, -0.25) is 4.79 Å². The predicted octanol–water partition coefficient (Wildman–Crippen LogP) is 4.53. The molecule has 18 heavy (non-hydrogen) atoms. The van der Waals surface area contributed by atoms with Crippen molar-refractivity contribution in [3.05, 3.63) is 28.2 Å². The first-order valence-corrected chi connectivity index (χ1v) is 7.56. The number of amides is 1. The minimum absolute atomic E-state index is 0.166. The zero-order chi connectivity index (χ0) is 13.0. The normalized spacial score (nSPS) is 15.9. The van der Waals surface area contributed by atoms with Crippen LogP contribution in [-0.4, -0.2) is 5.91 Å². The first-order valence-electron chi connectivity index (χ1n) is 6.77. The fourth-order valence-electron chi connectivity index (χ4n) is 2.65. The van der Waals surface area contributed by atoms with Gasteiger partial charge in [-0.2, -0.15) is 0 Å². The van der Waals surface area contributed by atoms with Crippen molar-refractivity contribution < 1.29 is 4.79 Å². The van der Waals surface area contributed by atoms with Crippen molar-refractivity contribution in [3.63, 3.8) is 0 Å². The first-order chi connectivity index (χ1) is 8.69. The van der Waals surface area contributed by atoms with Gasteiger partial charge >= 0.3 is 0 Å². The topological polar surface area (TPSA) is 29.1 Å². The Labute approximate surface area is 117 Å². The molecule has 2 nitrogen and oxygen atoms in total. The molecule has 2 rings (SSSR count). The molecule has 0 spiro atoms. The molecule has 0 heterocycles. The van der Waals surface area contributed by atoms with Crippen molar-refractivity contribution in [1.29, 1.82) is 0 Å². The monoisotopic (exact) mass is 309 g/mol. The van der Waals surface area contributed by atoms with Crippen molar-refractivity contribution >= 4 is 27.5 Å². The van der Waals surface area contributed by atoms with Crippen molar-refractivity contribution in [2.24, 2.45) is 5.92 Å². The summed E-state index contributed by atoms with van der Waals surface area (Å²) in [7, 11) is 0. The maximum absolute atomic E-state index is 12.0. The van der Waals surface area contributed by atoms with E-state index in [1.807, 2.05) is 12.1 Å². The Kier molecular flexibility index (Phi) is 4.81. The van der Waals surface area contributed by atoms with Gasteiger partial charge in [-0.15, -0.1) is 0 Å². The van der Waals surface area contributed by atoms with Gasteiger partial charge in [0.15, 0.2) is 0 Å². The van der Waals surface area contributed by atoms with Crippen LogP contribution in [0.1, 0.15) is 44.6 Å². The highest BCUT2D eigenvalue weighted by molar-refractivity contribution is 9.10. The van der Waals surface area contributed by atoms with E-state index in [2.05, 4.69) is 34.2 Å². The Morgan fingerprint density at radius 2 is 2.11 bits per heavy atom. The molecule has 98 valence electrons. The highest BCUT2D eigenvalue weighted by Gasteiger charge is 2.18. The van der Waals surface area contributed by atoms with Crippen LogP contribution in [0.4, 0.5) is 5.69 Å². The fraction of sp³-hybridized carbons (Fsp3) is 0.533. The van der Waals surface area contributed by atoms with E-state index in [4.69, 9.17) is 0 Å². The fourth-order valence-corrected chi connectivity index (χ4v) is 3.06. The van der Waals surface area contributed by atoms with E-state index in [0.717, 1.165) is 16.6 Å². The lowest BCUT2D eigenvalue weighted by molar-refractivity contribution is -0.117. The van der Waals surface area contributed by atoms with E-state index in [1.54, 1.807) is 0 Å². The summed E-state index contributed by atoms with van der Waals surface area (Å²) in [5.41, 5.74) is 2.15. The van der Waals surface area contributed by atoms with Crippen LogP contribution in [0.25, 0.3) is 0 Å². The minimum Gasteiger partial charge on any atom is -0.326 e. The number of hydrogen-bond acceptors (Lipinski definition) is 1.